The standard InChI is InChI=1S/C29H44N4O7/c1-5-6-11-31(13-8-10-30(2)3)26(35)18-33-16-21(20-14-23(38-4)28-24(15-20)39-19-40-28)27(29(36)37)22(33)17-32-12-7-9-25(32)34/h14-15,21-22,27H,5-13,16-19H2,1-4H3,(H,36,37)/t21-,22+,27-/m1/s1. The first-order chi connectivity index (χ1) is 19.2. The van der Waals surface area contributed by atoms with Gasteiger partial charge < -0.3 is 34.0 Å². The van der Waals surface area contributed by atoms with Crippen LogP contribution in [0.1, 0.15) is 50.5 Å². The number of carboxylic acids is 1. The molecule has 0 unspecified atom stereocenters. The molecule has 2 saturated heterocycles. The molecule has 3 aliphatic rings. The molecule has 11 heteroatoms. The number of carbonyl (C=O) groups is 3. The minimum absolute atomic E-state index is 0.00184. The summed E-state index contributed by atoms with van der Waals surface area (Å²) in [6.45, 7) is 5.78. The largest absolute Gasteiger partial charge is 0.493 e. The van der Waals surface area contributed by atoms with Gasteiger partial charge in [0.25, 0.3) is 0 Å². The monoisotopic (exact) mass is 560 g/mol. The maximum absolute atomic E-state index is 13.7. The minimum atomic E-state index is -0.943. The van der Waals surface area contributed by atoms with E-state index in [0.29, 0.717) is 49.8 Å². The van der Waals surface area contributed by atoms with Gasteiger partial charge in [-0.3, -0.25) is 19.3 Å². The predicted molar refractivity (Wildman–Crippen MR) is 149 cm³/mol. The average Bonchev–Trinajstić information content (AvgIpc) is 3.64. The van der Waals surface area contributed by atoms with Crippen LogP contribution in [0.3, 0.4) is 0 Å². The molecule has 0 bridgehead atoms. The van der Waals surface area contributed by atoms with Crippen LogP contribution >= 0.6 is 0 Å². The molecule has 0 aromatic heterocycles. The van der Waals surface area contributed by atoms with E-state index in [4.69, 9.17) is 14.2 Å². The van der Waals surface area contributed by atoms with Crippen LogP contribution in [0.15, 0.2) is 12.1 Å². The van der Waals surface area contributed by atoms with Gasteiger partial charge in [0.2, 0.25) is 24.4 Å². The highest BCUT2D eigenvalue weighted by molar-refractivity contribution is 5.80. The Balaban J connectivity index is 1.62. The van der Waals surface area contributed by atoms with E-state index in [9.17, 15) is 19.5 Å². The maximum atomic E-state index is 13.7. The average molecular weight is 561 g/mol. The van der Waals surface area contributed by atoms with Gasteiger partial charge in [0.15, 0.2) is 11.5 Å². The molecule has 2 fully saturated rings. The van der Waals surface area contributed by atoms with E-state index in [0.717, 1.165) is 37.8 Å². The van der Waals surface area contributed by atoms with Crippen LogP contribution in [0, 0.1) is 5.92 Å². The van der Waals surface area contributed by atoms with Crippen molar-refractivity contribution in [2.75, 3.05) is 73.8 Å². The summed E-state index contributed by atoms with van der Waals surface area (Å²) in [6.07, 6.45) is 4.00. The van der Waals surface area contributed by atoms with Gasteiger partial charge >= 0.3 is 5.97 Å². The normalized spacial score (nSPS) is 22.4. The third-order valence-electron chi connectivity index (χ3n) is 8.23. The highest BCUT2D eigenvalue weighted by Gasteiger charge is 2.49. The van der Waals surface area contributed by atoms with Crippen molar-refractivity contribution in [3.05, 3.63) is 17.7 Å². The van der Waals surface area contributed by atoms with Crippen LogP contribution < -0.4 is 14.2 Å². The summed E-state index contributed by atoms with van der Waals surface area (Å²) in [7, 11) is 5.58. The van der Waals surface area contributed by atoms with Crippen LogP contribution in [0.25, 0.3) is 0 Å². The summed E-state index contributed by atoms with van der Waals surface area (Å²) >= 11 is 0. The van der Waals surface area contributed by atoms with E-state index in [1.165, 1.54) is 0 Å². The second-order valence-corrected chi connectivity index (χ2v) is 11.3. The molecule has 3 atom stereocenters. The Labute approximate surface area is 236 Å². The Kier molecular flexibility index (Phi) is 10.1. The summed E-state index contributed by atoms with van der Waals surface area (Å²) in [4.78, 5) is 46.8. The van der Waals surface area contributed by atoms with E-state index in [2.05, 4.69) is 11.8 Å². The smallest absolute Gasteiger partial charge is 0.308 e. The number of nitrogens with zero attached hydrogens (tertiary/aromatic N) is 4. The molecule has 0 aliphatic carbocycles. The number of aliphatic carboxylic acids is 1. The summed E-state index contributed by atoms with van der Waals surface area (Å²) in [5.41, 5.74) is 0.759. The van der Waals surface area contributed by atoms with Crippen LogP contribution in [0.4, 0.5) is 0 Å². The van der Waals surface area contributed by atoms with E-state index in [1.807, 2.05) is 36.0 Å². The lowest BCUT2D eigenvalue weighted by atomic mass is 9.84. The molecule has 11 nitrogen and oxygen atoms in total. The fourth-order valence-corrected chi connectivity index (χ4v) is 6.11. The number of methoxy groups -OCH3 is 1. The van der Waals surface area contributed by atoms with Crippen molar-refractivity contribution in [2.45, 2.75) is 51.0 Å². The van der Waals surface area contributed by atoms with Gasteiger partial charge in [0, 0.05) is 51.1 Å². The molecule has 2 amide bonds. The first kappa shape index (κ1) is 29.9. The van der Waals surface area contributed by atoms with E-state index in [1.54, 1.807) is 12.0 Å². The first-order valence-corrected chi connectivity index (χ1v) is 14.4. The predicted octanol–water partition coefficient (Wildman–Crippen LogP) is 2.10. The second-order valence-electron chi connectivity index (χ2n) is 11.3. The van der Waals surface area contributed by atoms with Gasteiger partial charge in [-0.15, -0.1) is 0 Å². The van der Waals surface area contributed by atoms with Gasteiger partial charge in [-0.25, -0.2) is 0 Å². The van der Waals surface area contributed by atoms with Gasteiger partial charge in [-0.05, 0) is 57.6 Å². The zero-order valence-electron chi connectivity index (χ0n) is 24.3. The van der Waals surface area contributed by atoms with Crippen LogP contribution in [-0.4, -0.2) is 122 Å². The highest BCUT2D eigenvalue weighted by Crippen LogP contribution is 2.47. The Bertz CT molecular complexity index is 1070. The van der Waals surface area contributed by atoms with Crippen molar-refractivity contribution in [1.29, 1.82) is 0 Å². The number of rotatable bonds is 14. The van der Waals surface area contributed by atoms with Crippen molar-refractivity contribution < 1.29 is 33.7 Å². The molecular weight excluding hydrogens is 516 g/mol. The summed E-state index contributed by atoms with van der Waals surface area (Å²) in [5.74, 6) is -0.630. The third kappa shape index (κ3) is 6.80. The van der Waals surface area contributed by atoms with Crippen LogP contribution in [-0.2, 0) is 14.4 Å². The molecule has 1 N–H and O–H groups in total. The summed E-state index contributed by atoms with van der Waals surface area (Å²) in [6, 6.07) is 3.13. The SMILES string of the molecule is CCCCN(CCCN(C)C)C(=O)CN1C[C@H](c2cc(OC)c3c(c2)OCO3)[C@@H](C(=O)O)[C@@H]1CN1CCCC1=O. The Morgan fingerprint density at radius 3 is 2.58 bits per heavy atom. The number of hydrogen-bond donors (Lipinski definition) is 1. The molecule has 222 valence electrons. The minimum Gasteiger partial charge on any atom is -0.493 e. The van der Waals surface area contributed by atoms with Crippen LogP contribution in [0.5, 0.6) is 17.2 Å². The van der Waals surface area contributed by atoms with E-state index < -0.39 is 23.8 Å². The Morgan fingerprint density at radius 1 is 1.15 bits per heavy atom. The fraction of sp³-hybridized carbons (Fsp3) is 0.690. The molecule has 3 heterocycles. The number of ether oxygens (including phenoxy) is 3. The Morgan fingerprint density at radius 2 is 1.93 bits per heavy atom. The number of hydrogen-bond acceptors (Lipinski definition) is 8. The van der Waals surface area contributed by atoms with Gasteiger partial charge in [0.1, 0.15) is 0 Å². The number of amides is 2. The number of benzene rings is 1. The van der Waals surface area contributed by atoms with Gasteiger partial charge in [-0.1, -0.05) is 13.3 Å². The molecule has 40 heavy (non-hydrogen) atoms. The lowest BCUT2D eigenvalue weighted by Gasteiger charge is -2.32. The molecule has 1 aromatic rings. The zero-order valence-corrected chi connectivity index (χ0v) is 24.3. The molecule has 0 saturated carbocycles. The third-order valence-corrected chi connectivity index (χ3v) is 8.23. The number of likely N-dealkylation sites (tertiary alicyclic amines) is 2. The second kappa shape index (κ2) is 13.5. The quantitative estimate of drug-likeness (QED) is 0.366. The number of unbranched alkanes of at least 4 members (excludes halogenated alkanes) is 1. The van der Waals surface area contributed by atoms with Gasteiger partial charge in [-0.2, -0.15) is 0 Å². The van der Waals surface area contributed by atoms with Crippen molar-refractivity contribution in [3.63, 3.8) is 0 Å². The number of fused-ring (bicyclic) bond motifs is 1. The van der Waals surface area contributed by atoms with Crippen molar-refractivity contribution in [3.8, 4) is 17.2 Å². The lowest BCUT2D eigenvalue weighted by molar-refractivity contribution is -0.144. The van der Waals surface area contributed by atoms with Gasteiger partial charge in [0.05, 0.1) is 19.6 Å². The lowest BCUT2D eigenvalue weighted by Crippen LogP contribution is -2.49. The molecule has 3 aliphatic heterocycles. The van der Waals surface area contributed by atoms with Crippen molar-refractivity contribution in [1.82, 2.24) is 19.6 Å². The van der Waals surface area contributed by atoms with Crippen LogP contribution in [0.2, 0.25) is 0 Å². The first-order valence-electron chi connectivity index (χ1n) is 14.4. The Hall–Kier alpha value is -3.05. The molecule has 4 rings (SSSR count). The number of carboxylic acid groups (broad SMARTS) is 1. The topological polar surface area (TPSA) is 112 Å². The van der Waals surface area contributed by atoms with E-state index in [-0.39, 0.29) is 31.7 Å². The molecule has 0 spiro atoms. The van der Waals surface area contributed by atoms with Crippen molar-refractivity contribution >= 4 is 17.8 Å². The number of carbonyl (C=O) groups excluding carboxylic acids is 2. The highest BCUT2D eigenvalue weighted by atomic mass is 16.7. The molecular formula is C29H44N4O7. The maximum Gasteiger partial charge on any atom is 0.308 e. The van der Waals surface area contributed by atoms with Crippen molar-refractivity contribution in [2.24, 2.45) is 5.92 Å². The van der Waals surface area contributed by atoms with E-state index >= 15 is 0 Å². The molecule has 1 aromatic carbocycles. The zero-order chi connectivity index (χ0) is 28.8. The summed E-state index contributed by atoms with van der Waals surface area (Å²) < 4.78 is 16.7. The fourth-order valence-electron chi connectivity index (χ4n) is 6.11. The molecule has 0 radical (unpaired) electrons. The summed E-state index contributed by atoms with van der Waals surface area (Å²) in [5, 5.41) is 10.5.